The molecule has 3 saturated heterocycles. The molecule has 0 spiro atoms. The smallest absolute Gasteiger partial charge is 0.319 e. The minimum atomic E-state index is -0.558. The monoisotopic (exact) mass is 633 g/mol. The molecule has 3 aliphatic heterocycles. The van der Waals surface area contributed by atoms with E-state index in [2.05, 4.69) is 47.8 Å². The molecule has 0 amide bonds. The van der Waals surface area contributed by atoms with Crippen molar-refractivity contribution in [3.63, 3.8) is 0 Å². The Morgan fingerprint density at radius 3 is 2.47 bits per heavy atom. The largest absolute Gasteiger partial charge is 0.508 e. The second kappa shape index (κ2) is 11.5. The van der Waals surface area contributed by atoms with Crippen LogP contribution in [-0.2, 0) is 4.74 Å². The van der Waals surface area contributed by atoms with Crippen LogP contribution in [0, 0.1) is 5.82 Å². The lowest BCUT2D eigenvalue weighted by Gasteiger charge is -2.47. The minimum absolute atomic E-state index is 0.0370. The van der Waals surface area contributed by atoms with Gasteiger partial charge in [0.25, 0.3) is 0 Å². The highest BCUT2D eigenvalue weighted by Crippen LogP contribution is 2.43. The van der Waals surface area contributed by atoms with Crippen LogP contribution < -0.4 is 15.0 Å². The summed E-state index contributed by atoms with van der Waals surface area (Å²) in [5, 5.41) is 16.5. The summed E-state index contributed by atoms with van der Waals surface area (Å²) in [7, 11) is 0. The highest BCUT2D eigenvalue weighted by Gasteiger charge is 2.38. The van der Waals surface area contributed by atoms with Crippen LogP contribution in [0.3, 0.4) is 0 Å². The van der Waals surface area contributed by atoms with Gasteiger partial charge in [-0.15, -0.1) is 0 Å². The number of halogens is 2. The van der Waals surface area contributed by atoms with E-state index in [-0.39, 0.29) is 39.1 Å². The second-order valence-corrected chi connectivity index (χ2v) is 14.5. The molecule has 2 N–H and O–H groups in total. The normalized spacial score (nSPS) is 22.8. The Labute approximate surface area is 268 Å². The fourth-order valence-electron chi connectivity index (χ4n) is 7.74. The fraction of sp³-hybridized carbons (Fsp3) is 0.486. The van der Waals surface area contributed by atoms with Crippen LogP contribution in [0.25, 0.3) is 32.8 Å². The molecule has 4 heterocycles. The van der Waals surface area contributed by atoms with Crippen molar-refractivity contribution in [3.05, 3.63) is 53.3 Å². The average molecular weight is 634 g/mol. The van der Waals surface area contributed by atoms with Crippen LogP contribution in [0.5, 0.6) is 11.8 Å². The molecular weight excluding hydrogens is 593 g/mol. The molecule has 1 aromatic heterocycles. The van der Waals surface area contributed by atoms with Gasteiger partial charge in [0.05, 0.1) is 22.8 Å². The maximum absolute atomic E-state index is 16.8. The lowest BCUT2D eigenvalue weighted by atomic mass is 9.96. The number of ether oxygens (including phenoxy) is 2. The Hall–Kier alpha value is -3.24. The number of phenols is 1. The number of benzene rings is 3. The molecule has 0 saturated carbocycles. The molecule has 8 nitrogen and oxygen atoms in total. The maximum Gasteiger partial charge on any atom is 0.319 e. The molecule has 0 aliphatic carbocycles. The van der Waals surface area contributed by atoms with Gasteiger partial charge in [-0.05, 0) is 81.5 Å². The summed E-state index contributed by atoms with van der Waals surface area (Å²) in [6.07, 6.45) is 2.98. The van der Waals surface area contributed by atoms with Gasteiger partial charge in [0.2, 0.25) is 0 Å². The van der Waals surface area contributed by atoms with Gasteiger partial charge in [0.15, 0.2) is 5.82 Å². The van der Waals surface area contributed by atoms with Gasteiger partial charge in [0.1, 0.15) is 17.1 Å². The van der Waals surface area contributed by atoms with Gasteiger partial charge in [-0.25, -0.2) is 4.39 Å². The molecule has 2 atom stereocenters. The van der Waals surface area contributed by atoms with Crippen LogP contribution in [0.4, 0.5) is 10.2 Å². The predicted molar refractivity (Wildman–Crippen MR) is 177 cm³/mol. The molecule has 3 fully saturated rings. The van der Waals surface area contributed by atoms with Gasteiger partial charge in [-0.2, -0.15) is 9.97 Å². The van der Waals surface area contributed by atoms with E-state index in [1.807, 2.05) is 24.3 Å². The number of piperazine rings is 1. The lowest BCUT2D eigenvalue weighted by Crippen LogP contribution is -2.57. The van der Waals surface area contributed by atoms with E-state index in [0.29, 0.717) is 35.5 Å². The first-order valence-electron chi connectivity index (χ1n) is 15.9. The quantitative estimate of drug-likeness (QED) is 0.222. The summed E-state index contributed by atoms with van der Waals surface area (Å²) in [5.41, 5.74) is 0.418. The van der Waals surface area contributed by atoms with Crippen molar-refractivity contribution in [1.82, 2.24) is 20.2 Å². The zero-order chi connectivity index (χ0) is 31.5. The molecule has 4 aromatic rings. The molecule has 45 heavy (non-hydrogen) atoms. The number of hydrogen-bond donors (Lipinski definition) is 2. The van der Waals surface area contributed by atoms with Crippen molar-refractivity contribution in [3.8, 4) is 22.9 Å². The van der Waals surface area contributed by atoms with Gasteiger partial charge < -0.3 is 24.8 Å². The van der Waals surface area contributed by atoms with Crippen LogP contribution in [0.1, 0.15) is 47.0 Å². The molecule has 3 aliphatic rings. The second-order valence-electron chi connectivity index (χ2n) is 14.1. The Bertz CT molecular complexity index is 1740. The van der Waals surface area contributed by atoms with Crippen molar-refractivity contribution in [2.75, 3.05) is 44.2 Å². The molecule has 0 radical (unpaired) electrons. The molecule has 2 bridgehead atoms. The fourth-order valence-corrected chi connectivity index (χ4v) is 8.03. The Balaban J connectivity index is 1.24. The van der Waals surface area contributed by atoms with Gasteiger partial charge in [-0.3, -0.25) is 4.90 Å². The number of morpholine rings is 1. The number of hydrogen-bond acceptors (Lipinski definition) is 8. The number of nitrogens with one attached hydrogen (secondary N) is 1. The van der Waals surface area contributed by atoms with Crippen molar-refractivity contribution >= 4 is 39.1 Å². The summed E-state index contributed by atoms with van der Waals surface area (Å²) in [6, 6.07) is 13.4. The van der Waals surface area contributed by atoms with E-state index in [0.717, 1.165) is 62.8 Å². The highest BCUT2D eigenvalue weighted by molar-refractivity contribution is 6.35. The molecule has 10 heteroatoms. The molecule has 7 rings (SSSR count). The van der Waals surface area contributed by atoms with Gasteiger partial charge in [0, 0.05) is 55.8 Å². The third kappa shape index (κ3) is 6.15. The van der Waals surface area contributed by atoms with Gasteiger partial charge >= 0.3 is 6.01 Å². The summed E-state index contributed by atoms with van der Waals surface area (Å²) in [4.78, 5) is 14.1. The van der Waals surface area contributed by atoms with Gasteiger partial charge in [-0.1, -0.05) is 35.9 Å². The number of aromatic nitrogens is 2. The van der Waals surface area contributed by atoms with E-state index in [4.69, 9.17) is 26.1 Å². The van der Waals surface area contributed by atoms with Crippen LogP contribution in [0.2, 0.25) is 5.02 Å². The zero-order valence-corrected chi connectivity index (χ0v) is 27.1. The standard InChI is InChI=1S/C35H41ClFN5O3/c1-34(2)19-41(20-35(3,4)45-34)12-7-13-44-33-39-31-27(32(40-33)42-17-22-10-11-23(18-42)38-22)16-28(36)29(30(31)37)26-15-24(43)14-21-8-5-6-9-25(21)26/h5-6,8-9,14-16,22-23,38,43H,7,10-13,17-20H2,1-4H3. The Morgan fingerprint density at radius 1 is 1.02 bits per heavy atom. The molecule has 3 aromatic carbocycles. The first-order valence-corrected chi connectivity index (χ1v) is 16.3. The Kier molecular flexibility index (Phi) is 7.79. The molecule has 2 unspecified atom stereocenters. The highest BCUT2D eigenvalue weighted by atomic mass is 35.5. The maximum atomic E-state index is 16.8. The van der Waals surface area contributed by atoms with Crippen LogP contribution in [0.15, 0.2) is 42.5 Å². The summed E-state index contributed by atoms with van der Waals surface area (Å²) < 4.78 is 29.2. The summed E-state index contributed by atoms with van der Waals surface area (Å²) in [5.74, 6) is 0.117. The SMILES string of the molecule is CC1(C)CN(CCCOc2nc(N3CC4CCC(C3)N4)c3cc(Cl)c(-c4cc(O)cc5ccccc45)c(F)c3n2)CC(C)(C)O1. The average Bonchev–Trinajstić information content (AvgIpc) is 3.30. The lowest BCUT2D eigenvalue weighted by molar-refractivity contribution is -0.180. The van der Waals surface area contributed by atoms with E-state index in [9.17, 15) is 5.11 Å². The Morgan fingerprint density at radius 2 is 1.73 bits per heavy atom. The van der Waals surface area contributed by atoms with Crippen LogP contribution in [-0.4, -0.2) is 82.6 Å². The third-order valence-corrected chi connectivity index (χ3v) is 9.38. The topological polar surface area (TPSA) is 83.0 Å². The molecular formula is C35H41ClFN5O3. The molecule has 238 valence electrons. The summed E-state index contributed by atoms with van der Waals surface area (Å²) >= 11 is 6.88. The number of rotatable bonds is 7. The van der Waals surface area contributed by atoms with Crippen molar-refractivity contribution in [2.24, 2.45) is 0 Å². The van der Waals surface area contributed by atoms with Crippen molar-refractivity contribution < 1.29 is 19.0 Å². The first kappa shape index (κ1) is 30.4. The van der Waals surface area contributed by atoms with E-state index in [1.54, 1.807) is 18.2 Å². The van der Waals surface area contributed by atoms with Crippen molar-refractivity contribution in [1.29, 1.82) is 0 Å². The number of fused-ring (bicyclic) bond motifs is 4. The zero-order valence-electron chi connectivity index (χ0n) is 26.4. The van der Waals surface area contributed by atoms with E-state index < -0.39 is 5.82 Å². The number of aromatic hydroxyl groups is 1. The third-order valence-electron chi connectivity index (χ3n) is 9.09. The number of phenolic OH excluding ortho intramolecular Hbond substituents is 1. The first-order chi connectivity index (χ1) is 21.4. The predicted octanol–water partition coefficient (Wildman–Crippen LogP) is 6.55. The number of anilines is 1. The van der Waals surface area contributed by atoms with Crippen LogP contribution >= 0.6 is 11.6 Å². The van der Waals surface area contributed by atoms with E-state index >= 15 is 4.39 Å². The number of nitrogens with zero attached hydrogens (tertiary/aromatic N) is 4. The van der Waals surface area contributed by atoms with Crippen molar-refractivity contribution in [2.45, 2.75) is 70.2 Å². The minimum Gasteiger partial charge on any atom is -0.508 e. The van der Waals surface area contributed by atoms with E-state index in [1.165, 1.54) is 0 Å². The summed E-state index contributed by atoms with van der Waals surface area (Å²) in [6.45, 7) is 13.0.